The number of amides is 2. The zero-order valence-electron chi connectivity index (χ0n) is 18.2. The molecule has 1 atom stereocenters. The van der Waals surface area contributed by atoms with Crippen LogP contribution in [0.25, 0.3) is 11.1 Å². The molecule has 164 valence electrons. The Balaban J connectivity index is 1.39. The SMILES string of the molecule is CC[C@H](NC(=O)OCC1c2ccccc2-c2ccccc21)C(=O)Nc1ccc(C)c(N)c1. The van der Waals surface area contributed by atoms with E-state index in [2.05, 4.69) is 34.9 Å². The molecule has 6 nitrogen and oxygen atoms in total. The van der Waals surface area contributed by atoms with Gasteiger partial charge >= 0.3 is 6.09 Å². The molecule has 6 heteroatoms. The quantitative estimate of drug-likeness (QED) is 0.489. The molecule has 0 bridgehead atoms. The zero-order chi connectivity index (χ0) is 22.7. The average Bonchev–Trinajstić information content (AvgIpc) is 3.12. The Bertz CT molecular complexity index is 1110. The normalized spacial score (nSPS) is 13.1. The molecule has 0 unspecified atom stereocenters. The van der Waals surface area contributed by atoms with Crippen LogP contribution in [0.15, 0.2) is 66.7 Å². The van der Waals surface area contributed by atoms with Crippen LogP contribution in [0.4, 0.5) is 16.2 Å². The maximum Gasteiger partial charge on any atom is 0.407 e. The number of benzene rings is 3. The first-order valence-corrected chi connectivity index (χ1v) is 10.8. The first-order valence-electron chi connectivity index (χ1n) is 10.8. The standard InChI is InChI=1S/C26H27N3O3/c1-3-24(25(30)28-17-13-12-16(2)23(27)14-17)29-26(31)32-15-22-20-10-6-4-8-18(20)19-9-5-7-11-21(19)22/h4-14,22,24H,3,15,27H2,1-2H3,(H,28,30)(H,29,31)/t24-/m0/s1. The van der Waals surface area contributed by atoms with Crippen molar-refractivity contribution >= 4 is 23.4 Å². The maximum absolute atomic E-state index is 12.6. The molecule has 3 aromatic rings. The van der Waals surface area contributed by atoms with Gasteiger partial charge in [-0.1, -0.05) is 61.5 Å². The second-order valence-electron chi connectivity index (χ2n) is 7.99. The third kappa shape index (κ3) is 4.30. The van der Waals surface area contributed by atoms with E-state index in [1.807, 2.05) is 44.2 Å². The van der Waals surface area contributed by atoms with Crippen molar-refractivity contribution in [2.24, 2.45) is 0 Å². The first kappa shape index (κ1) is 21.4. The van der Waals surface area contributed by atoms with Crippen molar-refractivity contribution in [3.63, 3.8) is 0 Å². The van der Waals surface area contributed by atoms with Crippen molar-refractivity contribution in [2.75, 3.05) is 17.7 Å². The fraction of sp³-hybridized carbons (Fsp3) is 0.231. The Morgan fingerprint density at radius 3 is 2.22 bits per heavy atom. The molecule has 0 aromatic heterocycles. The number of carbonyl (C=O) groups is 2. The Hall–Kier alpha value is -3.80. The van der Waals surface area contributed by atoms with Gasteiger partial charge in [0.15, 0.2) is 0 Å². The predicted molar refractivity (Wildman–Crippen MR) is 127 cm³/mol. The van der Waals surface area contributed by atoms with Crippen LogP contribution in [-0.2, 0) is 9.53 Å². The zero-order valence-corrected chi connectivity index (χ0v) is 18.2. The van der Waals surface area contributed by atoms with Crippen LogP contribution in [0.2, 0.25) is 0 Å². The van der Waals surface area contributed by atoms with Gasteiger partial charge in [-0.15, -0.1) is 0 Å². The van der Waals surface area contributed by atoms with E-state index in [0.717, 1.165) is 16.7 Å². The molecule has 0 heterocycles. The number of aryl methyl sites for hydroxylation is 1. The van der Waals surface area contributed by atoms with Crippen LogP contribution in [0, 0.1) is 6.92 Å². The number of rotatable bonds is 6. The Labute approximate surface area is 187 Å². The van der Waals surface area contributed by atoms with Crippen LogP contribution in [0.3, 0.4) is 0 Å². The molecule has 3 aromatic carbocycles. The maximum atomic E-state index is 12.6. The van der Waals surface area contributed by atoms with E-state index in [9.17, 15) is 9.59 Å². The summed E-state index contributed by atoms with van der Waals surface area (Å²) in [4.78, 5) is 25.2. The summed E-state index contributed by atoms with van der Waals surface area (Å²) < 4.78 is 5.56. The molecule has 0 aliphatic heterocycles. The third-order valence-corrected chi connectivity index (χ3v) is 5.91. The van der Waals surface area contributed by atoms with E-state index in [4.69, 9.17) is 10.5 Å². The summed E-state index contributed by atoms with van der Waals surface area (Å²) in [6.07, 6.45) is -0.186. The molecule has 4 rings (SSSR count). The van der Waals surface area contributed by atoms with E-state index >= 15 is 0 Å². The van der Waals surface area contributed by atoms with Gasteiger partial charge in [0, 0.05) is 17.3 Å². The van der Waals surface area contributed by atoms with Gasteiger partial charge in [-0.3, -0.25) is 4.79 Å². The summed E-state index contributed by atoms with van der Waals surface area (Å²) >= 11 is 0. The fourth-order valence-electron chi connectivity index (χ4n) is 4.08. The highest BCUT2D eigenvalue weighted by atomic mass is 16.5. The van der Waals surface area contributed by atoms with Crippen molar-refractivity contribution in [3.05, 3.63) is 83.4 Å². The minimum Gasteiger partial charge on any atom is -0.449 e. The number of ether oxygens (including phenoxy) is 1. The number of nitrogens with two attached hydrogens (primary N) is 1. The van der Waals surface area contributed by atoms with Gasteiger partial charge < -0.3 is 21.1 Å². The molecule has 32 heavy (non-hydrogen) atoms. The molecule has 2 amide bonds. The smallest absolute Gasteiger partial charge is 0.407 e. The van der Waals surface area contributed by atoms with E-state index in [1.165, 1.54) is 11.1 Å². The lowest BCUT2D eigenvalue weighted by Gasteiger charge is -2.19. The second kappa shape index (κ2) is 9.14. The van der Waals surface area contributed by atoms with E-state index in [1.54, 1.807) is 12.1 Å². The van der Waals surface area contributed by atoms with E-state index in [0.29, 0.717) is 17.8 Å². The van der Waals surface area contributed by atoms with Crippen molar-refractivity contribution in [3.8, 4) is 11.1 Å². The minimum absolute atomic E-state index is 0.0300. The highest BCUT2D eigenvalue weighted by molar-refractivity contribution is 5.96. The van der Waals surface area contributed by atoms with Crippen LogP contribution in [-0.4, -0.2) is 24.6 Å². The van der Waals surface area contributed by atoms with Crippen LogP contribution < -0.4 is 16.4 Å². The molecule has 0 spiro atoms. The highest BCUT2D eigenvalue weighted by Crippen LogP contribution is 2.44. The van der Waals surface area contributed by atoms with Gasteiger partial charge in [0.05, 0.1) is 0 Å². The molecule has 1 aliphatic rings. The van der Waals surface area contributed by atoms with Crippen molar-refractivity contribution < 1.29 is 14.3 Å². The number of anilines is 2. The van der Waals surface area contributed by atoms with Crippen LogP contribution >= 0.6 is 0 Å². The number of hydrogen-bond donors (Lipinski definition) is 3. The molecule has 0 saturated heterocycles. The summed E-state index contributed by atoms with van der Waals surface area (Å²) in [6.45, 7) is 3.93. The monoisotopic (exact) mass is 429 g/mol. The lowest BCUT2D eigenvalue weighted by molar-refractivity contribution is -0.118. The number of nitrogen functional groups attached to an aromatic ring is 1. The summed E-state index contributed by atoms with van der Waals surface area (Å²) in [5.74, 6) is -0.346. The van der Waals surface area contributed by atoms with Crippen molar-refractivity contribution in [1.29, 1.82) is 0 Å². The second-order valence-corrected chi connectivity index (χ2v) is 7.99. The largest absolute Gasteiger partial charge is 0.449 e. The van der Waals surface area contributed by atoms with E-state index in [-0.39, 0.29) is 18.4 Å². The number of fused-ring (bicyclic) bond motifs is 3. The molecule has 4 N–H and O–H groups in total. The fourth-order valence-corrected chi connectivity index (χ4v) is 4.08. The molecule has 0 fully saturated rings. The Morgan fingerprint density at radius 2 is 1.62 bits per heavy atom. The van der Waals surface area contributed by atoms with Crippen molar-refractivity contribution in [2.45, 2.75) is 32.2 Å². The predicted octanol–water partition coefficient (Wildman–Crippen LogP) is 4.83. The lowest BCUT2D eigenvalue weighted by atomic mass is 9.98. The molecular formula is C26H27N3O3. The summed E-state index contributed by atoms with van der Waals surface area (Å²) in [5.41, 5.74) is 12.7. The minimum atomic E-state index is -0.715. The number of nitrogens with one attached hydrogen (secondary N) is 2. The van der Waals surface area contributed by atoms with E-state index < -0.39 is 12.1 Å². The van der Waals surface area contributed by atoms with Gasteiger partial charge in [0.2, 0.25) is 5.91 Å². The van der Waals surface area contributed by atoms with Crippen molar-refractivity contribution in [1.82, 2.24) is 5.32 Å². The molecule has 0 saturated carbocycles. The molecule has 1 aliphatic carbocycles. The summed E-state index contributed by atoms with van der Waals surface area (Å²) in [5, 5.41) is 5.48. The van der Waals surface area contributed by atoms with Gasteiger partial charge in [-0.05, 0) is 53.3 Å². The Morgan fingerprint density at radius 1 is 1.00 bits per heavy atom. The summed E-state index contributed by atoms with van der Waals surface area (Å²) in [6, 6.07) is 20.9. The third-order valence-electron chi connectivity index (χ3n) is 5.91. The van der Waals surface area contributed by atoms with Gasteiger partial charge in [0.1, 0.15) is 12.6 Å². The van der Waals surface area contributed by atoms with Gasteiger partial charge in [-0.25, -0.2) is 4.79 Å². The van der Waals surface area contributed by atoms with Crippen LogP contribution in [0.1, 0.15) is 36.0 Å². The first-order chi connectivity index (χ1) is 15.5. The van der Waals surface area contributed by atoms with Crippen LogP contribution in [0.5, 0.6) is 0 Å². The Kier molecular flexibility index (Phi) is 6.12. The lowest BCUT2D eigenvalue weighted by Crippen LogP contribution is -2.43. The topological polar surface area (TPSA) is 93.4 Å². The number of hydrogen-bond acceptors (Lipinski definition) is 4. The summed E-state index contributed by atoms with van der Waals surface area (Å²) in [7, 11) is 0. The number of carbonyl (C=O) groups excluding carboxylic acids is 2. The average molecular weight is 430 g/mol. The number of alkyl carbamates (subject to hydrolysis) is 1. The highest BCUT2D eigenvalue weighted by Gasteiger charge is 2.29. The molecule has 0 radical (unpaired) electrons. The van der Waals surface area contributed by atoms with Gasteiger partial charge in [-0.2, -0.15) is 0 Å². The molecular weight excluding hydrogens is 402 g/mol. The van der Waals surface area contributed by atoms with Gasteiger partial charge in [0.25, 0.3) is 0 Å².